The molecule has 18 heavy (non-hydrogen) atoms. The molecule has 0 saturated carbocycles. The van der Waals surface area contributed by atoms with Crippen LogP contribution in [0.1, 0.15) is 18.9 Å². The van der Waals surface area contributed by atoms with E-state index in [1.165, 1.54) is 0 Å². The van der Waals surface area contributed by atoms with Crippen molar-refractivity contribution in [2.45, 2.75) is 19.8 Å². The highest BCUT2D eigenvalue weighted by molar-refractivity contribution is 9.10. The third-order valence-corrected chi connectivity index (χ3v) is 4.10. The van der Waals surface area contributed by atoms with Gasteiger partial charge in [0.1, 0.15) is 5.82 Å². The number of nitrogens with two attached hydrogens (primary N) is 1. The molecule has 96 valence electrons. The van der Waals surface area contributed by atoms with Gasteiger partial charge >= 0.3 is 0 Å². The first-order chi connectivity index (χ1) is 8.54. The van der Waals surface area contributed by atoms with E-state index in [-0.39, 0.29) is 0 Å². The van der Waals surface area contributed by atoms with E-state index < -0.39 is 0 Å². The van der Waals surface area contributed by atoms with E-state index in [1.54, 1.807) is 4.68 Å². The van der Waals surface area contributed by atoms with Crippen LogP contribution in [0.3, 0.4) is 0 Å². The minimum absolute atomic E-state index is 0.694. The van der Waals surface area contributed by atoms with Gasteiger partial charge in [0.15, 0.2) is 0 Å². The first-order valence-electron chi connectivity index (χ1n) is 5.81. The van der Waals surface area contributed by atoms with Crippen molar-refractivity contribution in [2.24, 2.45) is 7.05 Å². The lowest BCUT2D eigenvalue weighted by Gasteiger charge is -2.04. The summed E-state index contributed by atoms with van der Waals surface area (Å²) in [7, 11) is 1.86. The minimum atomic E-state index is 0.694. The maximum absolute atomic E-state index is 6.06. The van der Waals surface area contributed by atoms with Crippen LogP contribution in [0.2, 0.25) is 5.02 Å². The van der Waals surface area contributed by atoms with Crippen molar-refractivity contribution in [2.75, 3.05) is 5.73 Å². The minimum Gasteiger partial charge on any atom is -0.384 e. The number of nitrogen functional groups attached to an aromatic ring is 1. The van der Waals surface area contributed by atoms with E-state index in [0.29, 0.717) is 5.02 Å². The van der Waals surface area contributed by atoms with Gasteiger partial charge < -0.3 is 5.73 Å². The van der Waals surface area contributed by atoms with Crippen molar-refractivity contribution in [1.82, 2.24) is 9.78 Å². The summed E-state index contributed by atoms with van der Waals surface area (Å²) in [4.78, 5) is 0. The van der Waals surface area contributed by atoms with Gasteiger partial charge in [-0.05, 0) is 34.5 Å². The number of rotatable bonds is 3. The van der Waals surface area contributed by atoms with Crippen molar-refractivity contribution in [3.05, 3.63) is 33.3 Å². The molecule has 0 radical (unpaired) electrons. The molecule has 0 atom stereocenters. The van der Waals surface area contributed by atoms with Crippen LogP contribution in [0.5, 0.6) is 0 Å². The molecule has 0 unspecified atom stereocenters. The molecule has 2 N–H and O–H groups in total. The number of hydrogen-bond donors (Lipinski definition) is 1. The maximum Gasteiger partial charge on any atom is 0.125 e. The molecule has 0 saturated heterocycles. The number of hydrogen-bond acceptors (Lipinski definition) is 2. The van der Waals surface area contributed by atoms with Gasteiger partial charge in [-0.2, -0.15) is 5.10 Å². The van der Waals surface area contributed by atoms with Crippen LogP contribution in [0.4, 0.5) is 5.82 Å². The zero-order chi connectivity index (χ0) is 13.3. The van der Waals surface area contributed by atoms with Crippen LogP contribution in [0.25, 0.3) is 11.3 Å². The van der Waals surface area contributed by atoms with Crippen LogP contribution >= 0.6 is 27.5 Å². The van der Waals surface area contributed by atoms with Crippen LogP contribution in [0, 0.1) is 0 Å². The monoisotopic (exact) mass is 327 g/mol. The molecule has 0 spiro atoms. The Kier molecular flexibility index (Phi) is 3.97. The van der Waals surface area contributed by atoms with Crippen LogP contribution in [0.15, 0.2) is 22.7 Å². The van der Waals surface area contributed by atoms with Crippen molar-refractivity contribution in [3.63, 3.8) is 0 Å². The van der Waals surface area contributed by atoms with Gasteiger partial charge in [0.2, 0.25) is 0 Å². The molecule has 5 heteroatoms. The van der Waals surface area contributed by atoms with Gasteiger partial charge in [-0.3, -0.25) is 4.68 Å². The van der Waals surface area contributed by atoms with E-state index in [4.69, 9.17) is 17.3 Å². The topological polar surface area (TPSA) is 43.8 Å². The molecule has 0 aliphatic rings. The molecule has 2 rings (SSSR count). The number of benzene rings is 1. The Hall–Kier alpha value is -1.00. The molecule has 0 amide bonds. The van der Waals surface area contributed by atoms with E-state index in [2.05, 4.69) is 28.0 Å². The molecule has 0 aliphatic heterocycles. The lowest BCUT2D eigenvalue weighted by Crippen LogP contribution is -1.99. The van der Waals surface area contributed by atoms with E-state index in [1.807, 2.05) is 25.2 Å². The quantitative estimate of drug-likeness (QED) is 0.924. The summed E-state index contributed by atoms with van der Waals surface area (Å²) in [6.07, 6.45) is 1.97. The summed E-state index contributed by atoms with van der Waals surface area (Å²) in [5.74, 6) is 0.734. The predicted octanol–water partition coefficient (Wildman–Crippen LogP) is 4.04. The standard InChI is InChI=1S/C13H15BrClN3/c1-3-4-9-12(17-18(2)13(9)16)8-5-6-11(15)10(14)7-8/h5-7H,3-4,16H2,1-2H3. The van der Waals surface area contributed by atoms with Crippen LogP contribution in [-0.2, 0) is 13.5 Å². The van der Waals surface area contributed by atoms with E-state index in [0.717, 1.165) is 40.0 Å². The molecule has 1 aromatic heterocycles. The summed E-state index contributed by atoms with van der Waals surface area (Å²) >= 11 is 9.44. The Balaban J connectivity index is 2.55. The molecular formula is C13H15BrClN3. The Morgan fingerprint density at radius 2 is 2.17 bits per heavy atom. The number of aryl methyl sites for hydroxylation is 1. The average molecular weight is 329 g/mol. The van der Waals surface area contributed by atoms with Crippen molar-refractivity contribution < 1.29 is 0 Å². The zero-order valence-electron chi connectivity index (χ0n) is 10.4. The Labute approximate surface area is 120 Å². The van der Waals surface area contributed by atoms with Crippen LogP contribution < -0.4 is 5.73 Å². The average Bonchev–Trinajstić information content (AvgIpc) is 2.61. The van der Waals surface area contributed by atoms with Crippen LogP contribution in [-0.4, -0.2) is 9.78 Å². The van der Waals surface area contributed by atoms with Gasteiger partial charge in [0.25, 0.3) is 0 Å². The largest absolute Gasteiger partial charge is 0.384 e. The summed E-state index contributed by atoms with van der Waals surface area (Å²) in [6.45, 7) is 2.13. The zero-order valence-corrected chi connectivity index (χ0v) is 12.7. The third-order valence-electron chi connectivity index (χ3n) is 2.89. The summed E-state index contributed by atoms with van der Waals surface area (Å²) in [6, 6.07) is 5.80. The first-order valence-corrected chi connectivity index (χ1v) is 6.98. The SMILES string of the molecule is CCCc1c(-c2ccc(Cl)c(Br)c2)nn(C)c1N. The van der Waals surface area contributed by atoms with Gasteiger partial charge in [-0.25, -0.2) is 0 Å². The highest BCUT2D eigenvalue weighted by Gasteiger charge is 2.15. The third kappa shape index (κ3) is 2.40. The summed E-state index contributed by atoms with van der Waals surface area (Å²) in [5, 5.41) is 5.19. The molecular weight excluding hydrogens is 314 g/mol. The van der Waals surface area contributed by atoms with Crippen molar-refractivity contribution in [1.29, 1.82) is 0 Å². The molecule has 1 heterocycles. The number of aromatic nitrogens is 2. The predicted molar refractivity (Wildman–Crippen MR) is 79.8 cm³/mol. The fourth-order valence-corrected chi connectivity index (χ4v) is 2.45. The van der Waals surface area contributed by atoms with Gasteiger partial charge in [-0.15, -0.1) is 0 Å². The van der Waals surface area contributed by atoms with E-state index in [9.17, 15) is 0 Å². The molecule has 0 aliphatic carbocycles. The fraction of sp³-hybridized carbons (Fsp3) is 0.308. The number of anilines is 1. The summed E-state index contributed by atoms with van der Waals surface area (Å²) < 4.78 is 2.59. The number of nitrogens with zero attached hydrogens (tertiary/aromatic N) is 2. The highest BCUT2D eigenvalue weighted by atomic mass is 79.9. The smallest absolute Gasteiger partial charge is 0.125 e. The highest BCUT2D eigenvalue weighted by Crippen LogP contribution is 2.32. The molecule has 0 fully saturated rings. The van der Waals surface area contributed by atoms with Crippen molar-refractivity contribution >= 4 is 33.3 Å². The lowest BCUT2D eigenvalue weighted by molar-refractivity contribution is 0.781. The van der Waals surface area contributed by atoms with Gasteiger partial charge in [-0.1, -0.05) is 31.0 Å². The number of halogens is 2. The van der Waals surface area contributed by atoms with Crippen molar-refractivity contribution in [3.8, 4) is 11.3 Å². The molecule has 1 aromatic carbocycles. The Morgan fingerprint density at radius 3 is 2.78 bits per heavy atom. The fourth-order valence-electron chi connectivity index (χ4n) is 1.95. The Morgan fingerprint density at radius 1 is 1.44 bits per heavy atom. The lowest BCUT2D eigenvalue weighted by atomic mass is 10.0. The second kappa shape index (κ2) is 5.33. The van der Waals surface area contributed by atoms with E-state index >= 15 is 0 Å². The normalized spacial score (nSPS) is 10.9. The molecule has 0 bridgehead atoms. The summed E-state index contributed by atoms with van der Waals surface area (Å²) in [5.41, 5.74) is 9.13. The molecule has 2 aromatic rings. The Bertz CT molecular complexity index is 578. The second-order valence-corrected chi connectivity index (χ2v) is 5.48. The van der Waals surface area contributed by atoms with Gasteiger partial charge in [0, 0.05) is 22.6 Å². The maximum atomic E-state index is 6.06. The second-order valence-electron chi connectivity index (χ2n) is 4.21. The molecule has 3 nitrogen and oxygen atoms in total. The van der Waals surface area contributed by atoms with Gasteiger partial charge in [0.05, 0.1) is 10.7 Å². The first kappa shape index (κ1) is 13.4.